The van der Waals surface area contributed by atoms with Crippen LogP contribution in [-0.4, -0.2) is 20.5 Å². The number of aromatic nitrogens is 2. The van der Waals surface area contributed by atoms with Gasteiger partial charge >= 0.3 is 12.1 Å². The van der Waals surface area contributed by atoms with Gasteiger partial charge in [0.2, 0.25) is 0 Å². The van der Waals surface area contributed by atoms with Crippen molar-refractivity contribution in [1.82, 2.24) is 9.38 Å². The van der Waals surface area contributed by atoms with Crippen molar-refractivity contribution in [2.24, 2.45) is 5.73 Å². The predicted octanol–water partition coefficient (Wildman–Crippen LogP) is 1.44. The van der Waals surface area contributed by atoms with Crippen molar-refractivity contribution in [3.63, 3.8) is 0 Å². The third-order valence-corrected chi connectivity index (χ3v) is 2.38. The van der Waals surface area contributed by atoms with Crippen molar-refractivity contribution < 1.29 is 23.1 Å². The summed E-state index contributed by atoms with van der Waals surface area (Å²) < 4.78 is 38.5. The van der Waals surface area contributed by atoms with Crippen molar-refractivity contribution >= 4 is 11.6 Å². The quantitative estimate of drug-likeness (QED) is 0.855. The van der Waals surface area contributed by atoms with E-state index in [2.05, 4.69) is 4.98 Å². The monoisotopic (exact) mass is 259 g/mol. The molecular weight excluding hydrogens is 251 g/mol. The summed E-state index contributed by atoms with van der Waals surface area (Å²) in [5.74, 6) is -1.30. The summed E-state index contributed by atoms with van der Waals surface area (Å²) in [6.07, 6.45) is -2.46. The number of nitrogens with zero attached hydrogens (tertiary/aromatic N) is 2. The van der Waals surface area contributed by atoms with Crippen molar-refractivity contribution in [3.8, 4) is 0 Å². The summed E-state index contributed by atoms with van der Waals surface area (Å²) in [6.45, 7) is 0. The lowest BCUT2D eigenvalue weighted by Crippen LogP contribution is -2.20. The number of fused-ring (bicyclic) bond motifs is 1. The Hall–Kier alpha value is -2.09. The van der Waals surface area contributed by atoms with Crippen LogP contribution in [-0.2, 0) is 11.0 Å². The van der Waals surface area contributed by atoms with Crippen LogP contribution in [0.4, 0.5) is 13.2 Å². The first-order valence-electron chi connectivity index (χ1n) is 4.83. The molecule has 0 radical (unpaired) electrons. The second kappa shape index (κ2) is 3.98. The Bertz CT molecular complexity index is 606. The van der Waals surface area contributed by atoms with E-state index in [9.17, 15) is 18.0 Å². The number of imidazole rings is 1. The smallest absolute Gasteiger partial charge is 0.417 e. The Morgan fingerprint density at radius 3 is 2.61 bits per heavy atom. The van der Waals surface area contributed by atoms with Crippen LogP contribution >= 0.6 is 0 Å². The molecule has 0 saturated carbocycles. The van der Waals surface area contributed by atoms with Crippen LogP contribution in [0.2, 0.25) is 0 Å². The Labute approximate surface area is 98.7 Å². The van der Waals surface area contributed by atoms with Crippen molar-refractivity contribution in [2.75, 3.05) is 0 Å². The number of aliphatic carboxylic acids is 1. The lowest BCUT2D eigenvalue weighted by Gasteiger charge is -2.05. The van der Waals surface area contributed by atoms with E-state index >= 15 is 0 Å². The van der Waals surface area contributed by atoms with Crippen LogP contribution in [0.15, 0.2) is 24.5 Å². The number of alkyl halides is 3. The zero-order chi connectivity index (χ0) is 13.5. The summed E-state index contributed by atoms with van der Waals surface area (Å²) in [5.41, 5.74) is 4.69. The summed E-state index contributed by atoms with van der Waals surface area (Å²) >= 11 is 0. The topological polar surface area (TPSA) is 80.6 Å². The lowest BCUT2D eigenvalue weighted by atomic mass is 10.2. The van der Waals surface area contributed by atoms with Gasteiger partial charge in [-0.1, -0.05) is 0 Å². The van der Waals surface area contributed by atoms with Gasteiger partial charge in [-0.25, -0.2) is 4.98 Å². The molecule has 8 heteroatoms. The van der Waals surface area contributed by atoms with E-state index in [4.69, 9.17) is 10.8 Å². The van der Waals surface area contributed by atoms with Crippen molar-refractivity contribution in [2.45, 2.75) is 12.2 Å². The summed E-state index contributed by atoms with van der Waals surface area (Å²) in [4.78, 5) is 14.5. The van der Waals surface area contributed by atoms with E-state index in [-0.39, 0.29) is 11.3 Å². The van der Waals surface area contributed by atoms with Gasteiger partial charge in [0.25, 0.3) is 0 Å². The standard InChI is InChI=1S/C10H8F3N3O2/c11-10(12,13)5-1-2-7-15-6(4-16(7)3-5)8(14)9(17)18/h1-4,8H,14H2,(H,17,18). The van der Waals surface area contributed by atoms with Gasteiger partial charge in [-0.05, 0) is 12.1 Å². The molecule has 0 aliphatic carbocycles. The molecule has 0 bridgehead atoms. The second-order valence-corrected chi connectivity index (χ2v) is 3.66. The normalized spacial score (nSPS) is 13.8. The average Bonchev–Trinajstić information content (AvgIpc) is 2.68. The lowest BCUT2D eigenvalue weighted by molar-refractivity contribution is -0.139. The molecule has 0 aliphatic heterocycles. The van der Waals surface area contributed by atoms with Gasteiger partial charge in [-0.15, -0.1) is 0 Å². The zero-order valence-electron chi connectivity index (χ0n) is 8.85. The van der Waals surface area contributed by atoms with Crippen LogP contribution in [0, 0.1) is 0 Å². The third kappa shape index (κ3) is 2.14. The molecule has 2 rings (SSSR count). The number of carboxylic acid groups (broad SMARTS) is 1. The van der Waals surface area contributed by atoms with Crippen LogP contribution in [0.1, 0.15) is 17.3 Å². The number of nitrogens with two attached hydrogens (primary N) is 1. The third-order valence-electron chi connectivity index (χ3n) is 2.38. The van der Waals surface area contributed by atoms with Gasteiger partial charge in [0.05, 0.1) is 11.3 Å². The minimum atomic E-state index is -4.46. The molecule has 5 nitrogen and oxygen atoms in total. The van der Waals surface area contributed by atoms with Gasteiger partial charge in [-0.2, -0.15) is 13.2 Å². The minimum absolute atomic E-state index is 0.00169. The SMILES string of the molecule is NC(C(=O)O)c1cn2cc(C(F)(F)F)ccc2n1. The Kier molecular flexibility index (Phi) is 2.74. The van der Waals surface area contributed by atoms with Crippen LogP contribution in [0.5, 0.6) is 0 Å². The molecule has 2 aromatic rings. The fraction of sp³-hybridized carbons (Fsp3) is 0.200. The summed E-state index contributed by atoms with van der Waals surface area (Å²) in [6, 6.07) is 0.665. The highest BCUT2D eigenvalue weighted by Gasteiger charge is 2.31. The molecule has 0 saturated heterocycles. The highest BCUT2D eigenvalue weighted by Crippen LogP contribution is 2.29. The van der Waals surface area contributed by atoms with E-state index in [1.54, 1.807) is 0 Å². The van der Waals surface area contributed by atoms with E-state index in [0.29, 0.717) is 0 Å². The molecule has 0 amide bonds. The van der Waals surface area contributed by atoms with Crippen LogP contribution in [0.25, 0.3) is 5.65 Å². The molecule has 0 spiro atoms. The number of hydrogen-bond donors (Lipinski definition) is 2. The van der Waals surface area contributed by atoms with Crippen molar-refractivity contribution in [1.29, 1.82) is 0 Å². The van der Waals surface area contributed by atoms with Gasteiger partial charge < -0.3 is 15.2 Å². The number of rotatable bonds is 2. The molecule has 2 aromatic heterocycles. The molecule has 1 unspecified atom stereocenters. The number of carboxylic acids is 1. The molecule has 0 fully saturated rings. The van der Waals surface area contributed by atoms with E-state index < -0.39 is 23.8 Å². The van der Waals surface area contributed by atoms with E-state index in [1.807, 2.05) is 0 Å². The fourth-order valence-corrected chi connectivity index (χ4v) is 1.46. The van der Waals surface area contributed by atoms with Gasteiger partial charge in [0.1, 0.15) is 11.7 Å². The highest BCUT2D eigenvalue weighted by atomic mass is 19.4. The second-order valence-electron chi connectivity index (χ2n) is 3.66. The molecular formula is C10H8F3N3O2. The number of pyridine rings is 1. The fourth-order valence-electron chi connectivity index (χ4n) is 1.46. The molecule has 1 atom stereocenters. The van der Waals surface area contributed by atoms with Gasteiger partial charge in [0, 0.05) is 12.4 Å². The summed E-state index contributed by atoms with van der Waals surface area (Å²) in [7, 11) is 0. The van der Waals surface area contributed by atoms with E-state index in [1.165, 1.54) is 6.20 Å². The maximum absolute atomic E-state index is 12.5. The molecule has 2 heterocycles. The number of carbonyl (C=O) groups is 1. The molecule has 3 N–H and O–H groups in total. The van der Waals surface area contributed by atoms with E-state index in [0.717, 1.165) is 22.7 Å². The highest BCUT2D eigenvalue weighted by molar-refractivity contribution is 5.74. The molecule has 18 heavy (non-hydrogen) atoms. The molecule has 0 aromatic carbocycles. The first kappa shape index (κ1) is 12.4. The van der Waals surface area contributed by atoms with Gasteiger partial charge in [0.15, 0.2) is 0 Å². The Balaban J connectivity index is 2.49. The van der Waals surface area contributed by atoms with Crippen LogP contribution in [0.3, 0.4) is 0 Å². The Morgan fingerprint density at radius 2 is 2.06 bits per heavy atom. The zero-order valence-corrected chi connectivity index (χ0v) is 8.85. The largest absolute Gasteiger partial charge is 0.480 e. The number of hydrogen-bond acceptors (Lipinski definition) is 3. The maximum Gasteiger partial charge on any atom is 0.417 e. The minimum Gasteiger partial charge on any atom is -0.480 e. The molecule has 0 aliphatic rings. The molecule has 96 valence electrons. The first-order chi connectivity index (χ1) is 8.29. The van der Waals surface area contributed by atoms with Crippen LogP contribution < -0.4 is 5.73 Å². The first-order valence-corrected chi connectivity index (χ1v) is 4.83. The van der Waals surface area contributed by atoms with Gasteiger partial charge in [-0.3, -0.25) is 4.79 Å². The summed E-state index contributed by atoms with van der Waals surface area (Å²) in [5, 5.41) is 8.69. The number of halogens is 3. The average molecular weight is 259 g/mol. The van der Waals surface area contributed by atoms with Crippen molar-refractivity contribution in [3.05, 3.63) is 35.8 Å². The predicted molar refractivity (Wildman–Crippen MR) is 54.8 cm³/mol. The maximum atomic E-state index is 12.5. The Morgan fingerprint density at radius 1 is 1.39 bits per heavy atom.